The molecule has 0 aliphatic heterocycles. The minimum Gasteiger partial charge on any atom is -0.461 e. The van der Waals surface area contributed by atoms with Gasteiger partial charge in [-0.25, -0.2) is 9.59 Å². The summed E-state index contributed by atoms with van der Waals surface area (Å²) in [6.45, 7) is 24.7. The minimum atomic E-state index is -0.165. The van der Waals surface area contributed by atoms with Crippen LogP contribution in [0.4, 0.5) is 0 Å². The number of ether oxygens (including phenoxy) is 2. The number of carbonyl (C=O) groups is 2. The second-order valence-electron chi connectivity index (χ2n) is 21.3. The number of rotatable bonds is 13. The van der Waals surface area contributed by atoms with Crippen molar-refractivity contribution in [3.05, 3.63) is 82.9 Å². The highest BCUT2D eigenvalue weighted by Crippen LogP contribution is 2.77. The van der Waals surface area contributed by atoms with Gasteiger partial charge in [-0.15, -0.1) is 0 Å². The van der Waals surface area contributed by atoms with E-state index in [9.17, 15) is 9.59 Å². The largest absolute Gasteiger partial charge is 0.461 e. The normalized spacial score (nSPS) is 36.6. The first kappa shape index (κ1) is 42.3. The maximum absolute atomic E-state index is 13.6. The number of benzene rings is 2. The smallest absolute Gasteiger partial charge is 0.338 e. The molecule has 0 aromatic heterocycles. The zero-order valence-electron chi connectivity index (χ0n) is 37.2. The Kier molecular flexibility index (Phi) is 12.1. The number of allylic oxidation sites excluding steroid dienone is 1. The summed E-state index contributed by atoms with van der Waals surface area (Å²) >= 11 is 0. The van der Waals surface area contributed by atoms with E-state index in [1.54, 1.807) is 0 Å². The third kappa shape index (κ3) is 7.38. The van der Waals surface area contributed by atoms with Gasteiger partial charge >= 0.3 is 11.9 Å². The predicted octanol–water partition coefficient (Wildman–Crippen LogP) is 13.8. The molecule has 0 radical (unpaired) electrons. The maximum atomic E-state index is 13.6. The van der Waals surface area contributed by atoms with Crippen molar-refractivity contribution < 1.29 is 19.1 Å². The quantitative estimate of drug-likeness (QED) is 0.115. The summed E-state index contributed by atoms with van der Waals surface area (Å²) in [4.78, 5) is 27.2. The molecule has 0 N–H and O–H groups in total. The van der Waals surface area contributed by atoms with Crippen molar-refractivity contribution in [1.29, 1.82) is 0 Å². The molecule has 0 heterocycles. The molecule has 5 saturated carbocycles. The molecule has 4 nitrogen and oxygen atoms in total. The molecule has 0 unspecified atom stereocenters. The van der Waals surface area contributed by atoms with Gasteiger partial charge in [0, 0.05) is 10.8 Å². The van der Waals surface area contributed by atoms with Crippen molar-refractivity contribution in [2.45, 2.75) is 171 Å². The average Bonchev–Trinajstić information content (AvgIpc) is 3.58. The van der Waals surface area contributed by atoms with Crippen molar-refractivity contribution >= 4 is 11.9 Å². The minimum absolute atomic E-state index is 0.0214. The van der Waals surface area contributed by atoms with Crippen molar-refractivity contribution in [1.82, 2.24) is 0 Å². The fraction of sp³-hybridized carbons (Fsp3) is 0.698. The van der Waals surface area contributed by atoms with Crippen LogP contribution in [0.2, 0.25) is 0 Å². The number of unbranched alkanes of at least 4 members (excludes halogenated alkanes) is 3. The Morgan fingerprint density at radius 3 is 1.93 bits per heavy atom. The van der Waals surface area contributed by atoms with Gasteiger partial charge < -0.3 is 9.47 Å². The zero-order chi connectivity index (χ0) is 40.8. The van der Waals surface area contributed by atoms with E-state index in [0.29, 0.717) is 47.3 Å². The number of fused-ring (bicyclic) bond motifs is 7. The van der Waals surface area contributed by atoms with Gasteiger partial charge in [-0.3, -0.25) is 0 Å². The Balaban J connectivity index is 1.07. The third-order valence-electron chi connectivity index (χ3n) is 18.2. The lowest BCUT2D eigenvalue weighted by Crippen LogP contribution is -2.67. The molecule has 2 aromatic carbocycles. The molecule has 7 rings (SSSR count). The first-order chi connectivity index (χ1) is 27.1. The van der Waals surface area contributed by atoms with E-state index in [-0.39, 0.29) is 45.1 Å². The van der Waals surface area contributed by atoms with Gasteiger partial charge in [0.15, 0.2) is 0 Å². The fourth-order valence-corrected chi connectivity index (χ4v) is 14.8. The van der Waals surface area contributed by atoms with E-state index in [1.165, 1.54) is 80.9 Å². The van der Waals surface area contributed by atoms with Crippen molar-refractivity contribution in [3.63, 3.8) is 0 Å². The number of hydrogen-bond acceptors (Lipinski definition) is 4. The number of carbonyl (C=O) groups excluding carboxylic acids is 2. The molecule has 10 atom stereocenters. The van der Waals surface area contributed by atoms with Gasteiger partial charge in [-0.1, -0.05) is 104 Å². The lowest BCUT2D eigenvalue weighted by Gasteiger charge is -2.73. The van der Waals surface area contributed by atoms with Crippen molar-refractivity contribution in [2.24, 2.45) is 56.7 Å². The Hall–Kier alpha value is -2.88. The van der Waals surface area contributed by atoms with Crippen LogP contribution in [0.3, 0.4) is 0 Å². The van der Waals surface area contributed by atoms with Gasteiger partial charge in [-0.05, 0) is 178 Å². The molecule has 312 valence electrons. The molecule has 2 aromatic rings. The summed E-state index contributed by atoms with van der Waals surface area (Å²) in [7, 11) is 0. The molecular formula is C53H76O4. The molecule has 5 fully saturated rings. The van der Waals surface area contributed by atoms with E-state index in [0.717, 1.165) is 44.9 Å². The highest BCUT2D eigenvalue weighted by atomic mass is 16.5. The second kappa shape index (κ2) is 16.3. The zero-order valence-corrected chi connectivity index (χ0v) is 37.2. The summed E-state index contributed by atoms with van der Waals surface area (Å²) in [5.74, 6) is 2.39. The number of aryl methyl sites for hydroxylation is 2. The molecule has 0 amide bonds. The Labute approximate surface area is 346 Å². The Morgan fingerprint density at radius 1 is 0.667 bits per heavy atom. The average molecular weight is 777 g/mol. The number of hydrogen-bond donors (Lipinski definition) is 0. The van der Waals surface area contributed by atoms with Crippen LogP contribution in [0, 0.1) is 56.7 Å². The fourth-order valence-electron chi connectivity index (χ4n) is 14.8. The first-order valence-corrected chi connectivity index (χ1v) is 23.3. The van der Waals surface area contributed by atoms with Crippen LogP contribution < -0.4 is 0 Å². The molecule has 5 aliphatic rings. The van der Waals surface area contributed by atoms with Gasteiger partial charge in [0.25, 0.3) is 0 Å². The van der Waals surface area contributed by atoms with Crippen LogP contribution in [-0.2, 0) is 22.3 Å². The topological polar surface area (TPSA) is 52.6 Å². The first-order valence-electron chi connectivity index (χ1n) is 23.3. The molecule has 5 aliphatic carbocycles. The van der Waals surface area contributed by atoms with E-state index >= 15 is 0 Å². The molecular weight excluding hydrogens is 701 g/mol. The standard InChI is InChI=1S/C53H76O4/c1-10-12-14-16-38-17-21-39(22-18-38)47(54)56-35-53-32-27-41(36(3)4)46(53)42-25-26-44-50(7)30-29-45(57-48(55)40-23-19-37(20-24-40)15-13-11-2)49(5,6)43(50)28-31-52(44,9)51(42,8)33-34-53/h17-24,41-46H,3,10-16,25-35H2,1-2,4-9H3/t41-,42+,43-,44+,45-,46+,50-,51+,52+,53+/m0/s1. The van der Waals surface area contributed by atoms with Gasteiger partial charge in [-0.2, -0.15) is 0 Å². The summed E-state index contributed by atoms with van der Waals surface area (Å²) < 4.78 is 12.8. The SMILES string of the molecule is C=C(C)[C@@H]1CC[C@]2(COC(=O)c3ccc(CCCCC)cc3)CC[C@]3(C)[C@H](CC[C@@H]4[C@@]5(C)CC[C@H](OC(=O)c6ccc(CCCC)cc6)C(C)(C)[C@@H]5CC[C@]43C)[C@@H]12. The van der Waals surface area contributed by atoms with Crippen LogP contribution >= 0.6 is 0 Å². The maximum Gasteiger partial charge on any atom is 0.338 e. The van der Waals surface area contributed by atoms with Crippen molar-refractivity contribution in [2.75, 3.05) is 6.61 Å². The van der Waals surface area contributed by atoms with Crippen molar-refractivity contribution in [3.8, 4) is 0 Å². The second-order valence-corrected chi connectivity index (χ2v) is 21.3. The highest BCUT2D eigenvalue weighted by Gasteiger charge is 2.71. The Morgan fingerprint density at radius 2 is 1.30 bits per heavy atom. The van der Waals surface area contributed by atoms with E-state index in [1.807, 2.05) is 24.3 Å². The molecule has 0 saturated heterocycles. The monoisotopic (exact) mass is 777 g/mol. The summed E-state index contributed by atoms with van der Waals surface area (Å²) in [5.41, 5.74) is 5.84. The third-order valence-corrected chi connectivity index (χ3v) is 18.2. The summed E-state index contributed by atoms with van der Waals surface area (Å²) in [6.07, 6.45) is 19.6. The van der Waals surface area contributed by atoms with E-state index in [2.05, 4.69) is 86.2 Å². The lowest BCUT2D eigenvalue weighted by molar-refractivity contribution is -0.249. The highest BCUT2D eigenvalue weighted by molar-refractivity contribution is 5.90. The molecule has 57 heavy (non-hydrogen) atoms. The van der Waals surface area contributed by atoms with Crippen LogP contribution in [-0.4, -0.2) is 24.6 Å². The van der Waals surface area contributed by atoms with Crippen LogP contribution in [0.15, 0.2) is 60.7 Å². The predicted molar refractivity (Wildman–Crippen MR) is 233 cm³/mol. The molecule has 4 heteroatoms. The lowest BCUT2D eigenvalue weighted by atomic mass is 9.32. The van der Waals surface area contributed by atoms with Gasteiger partial charge in [0.1, 0.15) is 6.10 Å². The van der Waals surface area contributed by atoms with Crippen LogP contribution in [0.25, 0.3) is 0 Å². The van der Waals surface area contributed by atoms with E-state index in [4.69, 9.17) is 9.47 Å². The van der Waals surface area contributed by atoms with Gasteiger partial charge in [0.2, 0.25) is 0 Å². The summed E-state index contributed by atoms with van der Waals surface area (Å²) in [5, 5.41) is 0. The summed E-state index contributed by atoms with van der Waals surface area (Å²) in [6, 6.07) is 16.3. The van der Waals surface area contributed by atoms with Crippen LogP contribution in [0.1, 0.15) is 184 Å². The van der Waals surface area contributed by atoms with Gasteiger partial charge in [0.05, 0.1) is 17.7 Å². The number of esters is 2. The molecule has 0 bridgehead atoms. The Bertz CT molecular complexity index is 1760. The van der Waals surface area contributed by atoms with E-state index < -0.39 is 0 Å². The van der Waals surface area contributed by atoms with Crippen LogP contribution in [0.5, 0.6) is 0 Å². The molecule has 0 spiro atoms.